The molecule has 90 valence electrons. The predicted octanol–water partition coefficient (Wildman–Crippen LogP) is 2.55. The van der Waals surface area contributed by atoms with Gasteiger partial charge in [-0.3, -0.25) is 4.68 Å². The molecule has 0 spiro atoms. The summed E-state index contributed by atoms with van der Waals surface area (Å²) in [6, 6.07) is 3.03. The first kappa shape index (κ1) is 12.0. The molecule has 0 aliphatic rings. The highest BCUT2D eigenvalue weighted by Crippen LogP contribution is 2.20. The van der Waals surface area contributed by atoms with Gasteiger partial charge >= 0.3 is 0 Å². The molecule has 0 fully saturated rings. The van der Waals surface area contributed by atoms with Gasteiger partial charge in [0.05, 0.1) is 17.8 Å². The molecule has 0 aliphatic heterocycles. The van der Waals surface area contributed by atoms with Crippen molar-refractivity contribution >= 4 is 11.6 Å². The van der Waals surface area contributed by atoms with E-state index in [1.807, 2.05) is 0 Å². The molecule has 0 saturated carbocycles. The van der Waals surface area contributed by atoms with E-state index in [0.717, 1.165) is 12.1 Å². The molecule has 6 heteroatoms. The van der Waals surface area contributed by atoms with Crippen LogP contribution in [0.2, 0.25) is 5.02 Å². The number of aromatic nitrogens is 2. The maximum atomic E-state index is 13.4. The quantitative estimate of drug-likeness (QED) is 0.919. The van der Waals surface area contributed by atoms with Crippen LogP contribution >= 0.6 is 11.6 Å². The van der Waals surface area contributed by atoms with Crippen LogP contribution in [0.3, 0.4) is 0 Å². The lowest BCUT2D eigenvalue weighted by Gasteiger charge is -2.11. The van der Waals surface area contributed by atoms with E-state index < -0.39 is 17.7 Å². The van der Waals surface area contributed by atoms with Crippen molar-refractivity contribution in [2.24, 2.45) is 0 Å². The van der Waals surface area contributed by atoms with Crippen molar-refractivity contribution in [3.05, 3.63) is 52.8 Å². The monoisotopic (exact) mass is 258 g/mol. The Balaban J connectivity index is 2.17. The summed E-state index contributed by atoms with van der Waals surface area (Å²) in [5.74, 6) is -1.46. The minimum Gasteiger partial charge on any atom is -0.386 e. The zero-order chi connectivity index (χ0) is 12.4. The maximum Gasteiger partial charge on any atom is 0.131 e. The normalized spacial score (nSPS) is 12.7. The van der Waals surface area contributed by atoms with E-state index >= 15 is 0 Å². The van der Waals surface area contributed by atoms with Crippen molar-refractivity contribution in [1.82, 2.24) is 9.78 Å². The summed E-state index contributed by atoms with van der Waals surface area (Å²) in [6.07, 6.45) is 1.81. The largest absolute Gasteiger partial charge is 0.386 e. The molecule has 0 bridgehead atoms. The molecule has 3 nitrogen and oxygen atoms in total. The lowest BCUT2D eigenvalue weighted by Crippen LogP contribution is -2.10. The van der Waals surface area contributed by atoms with Gasteiger partial charge in [-0.2, -0.15) is 5.10 Å². The van der Waals surface area contributed by atoms with Gasteiger partial charge in [0.25, 0.3) is 0 Å². The molecule has 17 heavy (non-hydrogen) atoms. The minimum atomic E-state index is -1.11. The third-order valence-corrected chi connectivity index (χ3v) is 2.48. The van der Waals surface area contributed by atoms with E-state index in [0.29, 0.717) is 5.02 Å². The van der Waals surface area contributed by atoms with Gasteiger partial charge in [-0.05, 0) is 6.07 Å². The highest BCUT2D eigenvalue weighted by molar-refractivity contribution is 6.30. The number of hydrogen-bond acceptors (Lipinski definition) is 2. The van der Waals surface area contributed by atoms with E-state index in [2.05, 4.69) is 5.10 Å². The Hall–Kier alpha value is -1.46. The summed E-state index contributed by atoms with van der Waals surface area (Å²) in [5, 5.41) is 14.1. The lowest BCUT2D eigenvalue weighted by atomic mass is 10.1. The fourth-order valence-electron chi connectivity index (χ4n) is 1.49. The number of hydrogen-bond donors (Lipinski definition) is 1. The summed E-state index contributed by atoms with van der Waals surface area (Å²) < 4.78 is 27.4. The summed E-state index contributed by atoms with van der Waals surface area (Å²) >= 11 is 5.65. The molecule has 1 aromatic heterocycles. The predicted molar refractivity (Wildman–Crippen MR) is 58.6 cm³/mol. The molecule has 2 rings (SSSR count). The molecule has 0 saturated heterocycles. The van der Waals surface area contributed by atoms with E-state index in [4.69, 9.17) is 11.6 Å². The molecule has 1 atom stereocenters. The van der Waals surface area contributed by atoms with Crippen LogP contribution in [0.25, 0.3) is 0 Å². The third kappa shape index (κ3) is 2.81. The molecular formula is C11H9ClF2N2O. The first-order valence-electron chi connectivity index (χ1n) is 4.87. The lowest BCUT2D eigenvalue weighted by molar-refractivity contribution is 0.147. The first-order chi connectivity index (χ1) is 8.06. The van der Waals surface area contributed by atoms with Gasteiger partial charge < -0.3 is 5.11 Å². The first-order valence-corrected chi connectivity index (χ1v) is 5.25. The zero-order valence-electron chi connectivity index (χ0n) is 8.65. The van der Waals surface area contributed by atoms with Crippen LogP contribution < -0.4 is 0 Å². The summed E-state index contributed by atoms with van der Waals surface area (Å²) in [6.45, 7) is 0.0509. The molecular weight excluding hydrogens is 250 g/mol. The van der Waals surface area contributed by atoms with Crippen molar-refractivity contribution in [2.75, 3.05) is 0 Å². The Morgan fingerprint density at radius 1 is 1.41 bits per heavy atom. The Labute approximate surface area is 101 Å². The fraction of sp³-hybridized carbons (Fsp3) is 0.182. The molecule has 1 aromatic carbocycles. The van der Waals surface area contributed by atoms with Crippen LogP contribution in [0.15, 0.2) is 30.6 Å². The molecule has 1 N–H and O–H groups in total. The van der Waals surface area contributed by atoms with Crippen molar-refractivity contribution in [2.45, 2.75) is 12.6 Å². The van der Waals surface area contributed by atoms with Crippen LogP contribution in [-0.2, 0) is 6.54 Å². The van der Waals surface area contributed by atoms with Crippen LogP contribution in [0.5, 0.6) is 0 Å². The molecule has 0 radical (unpaired) electrons. The summed E-state index contributed by atoms with van der Waals surface area (Å²) in [7, 11) is 0. The maximum absolute atomic E-state index is 13.4. The Kier molecular flexibility index (Phi) is 3.40. The van der Waals surface area contributed by atoms with Crippen molar-refractivity contribution in [3.63, 3.8) is 0 Å². The average molecular weight is 259 g/mol. The van der Waals surface area contributed by atoms with Crippen LogP contribution in [0.4, 0.5) is 8.78 Å². The van der Waals surface area contributed by atoms with Gasteiger partial charge in [-0.25, -0.2) is 8.78 Å². The molecule has 0 aliphatic carbocycles. The third-order valence-electron chi connectivity index (χ3n) is 2.28. The average Bonchev–Trinajstić information content (AvgIpc) is 2.63. The number of nitrogens with zero attached hydrogens (tertiary/aromatic N) is 2. The van der Waals surface area contributed by atoms with Gasteiger partial charge in [-0.1, -0.05) is 17.7 Å². The van der Waals surface area contributed by atoms with E-state index in [1.54, 1.807) is 0 Å². The van der Waals surface area contributed by atoms with Gasteiger partial charge in [0.1, 0.15) is 17.7 Å². The summed E-state index contributed by atoms with van der Waals surface area (Å²) in [5.41, 5.74) is 0.0259. The fourth-order valence-corrected chi connectivity index (χ4v) is 1.64. The standard InChI is InChI=1S/C11H9ClF2N2O/c12-7-4-15-16(5-7)6-11(17)9-2-1-8(13)3-10(9)14/h1-5,11,17H,6H2. The van der Waals surface area contributed by atoms with Crippen LogP contribution in [-0.4, -0.2) is 14.9 Å². The van der Waals surface area contributed by atoms with E-state index in [1.165, 1.54) is 23.1 Å². The van der Waals surface area contributed by atoms with Crippen molar-refractivity contribution in [3.8, 4) is 0 Å². The zero-order valence-corrected chi connectivity index (χ0v) is 9.40. The molecule has 2 aromatic rings. The van der Waals surface area contributed by atoms with Gasteiger partial charge in [0.15, 0.2) is 0 Å². The number of benzene rings is 1. The van der Waals surface area contributed by atoms with E-state index in [-0.39, 0.29) is 12.1 Å². The van der Waals surface area contributed by atoms with Crippen LogP contribution in [0.1, 0.15) is 11.7 Å². The topological polar surface area (TPSA) is 38.0 Å². The van der Waals surface area contributed by atoms with Crippen LogP contribution in [0, 0.1) is 11.6 Å². The SMILES string of the molecule is OC(Cn1cc(Cl)cn1)c1ccc(F)cc1F. The number of aliphatic hydroxyl groups is 1. The molecule has 1 heterocycles. The second-order valence-corrected chi connectivity index (χ2v) is 4.00. The van der Waals surface area contributed by atoms with E-state index in [9.17, 15) is 13.9 Å². The van der Waals surface area contributed by atoms with Gasteiger partial charge in [0, 0.05) is 17.8 Å². The van der Waals surface area contributed by atoms with Gasteiger partial charge in [0.2, 0.25) is 0 Å². The van der Waals surface area contributed by atoms with Gasteiger partial charge in [-0.15, -0.1) is 0 Å². The Morgan fingerprint density at radius 2 is 2.18 bits per heavy atom. The highest BCUT2D eigenvalue weighted by atomic mass is 35.5. The second-order valence-electron chi connectivity index (χ2n) is 3.56. The number of halogens is 3. The Morgan fingerprint density at radius 3 is 2.76 bits per heavy atom. The molecule has 0 amide bonds. The Bertz CT molecular complexity index is 530. The summed E-state index contributed by atoms with van der Waals surface area (Å²) in [4.78, 5) is 0. The second kappa shape index (κ2) is 4.81. The smallest absolute Gasteiger partial charge is 0.131 e. The van der Waals surface area contributed by atoms with Crippen molar-refractivity contribution in [1.29, 1.82) is 0 Å². The highest BCUT2D eigenvalue weighted by Gasteiger charge is 2.14. The number of aliphatic hydroxyl groups excluding tert-OH is 1. The number of rotatable bonds is 3. The van der Waals surface area contributed by atoms with Crippen molar-refractivity contribution < 1.29 is 13.9 Å². The minimum absolute atomic E-state index is 0.0259. The molecule has 1 unspecified atom stereocenters.